The molecule has 0 radical (unpaired) electrons. The predicted molar refractivity (Wildman–Crippen MR) is 73.7 cm³/mol. The van der Waals surface area contributed by atoms with E-state index in [-0.39, 0.29) is 30.3 Å². The van der Waals surface area contributed by atoms with E-state index in [1.54, 1.807) is 18.3 Å². The molecule has 1 aliphatic heterocycles. The molecule has 1 atom stereocenters. The minimum Gasteiger partial charge on any atom is -0.460 e. The monoisotopic (exact) mass is 279 g/mol. The summed E-state index contributed by atoms with van der Waals surface area (Å²) in [6.45, 7) is 5.37. The second kappa shape index (κ2) is 5.57. The van der Waals surface area contributed by atoms with Crippen molar-refractivity contribution in [1.82, 2.24) is 5.32 Å². The molecule has 2 rings (SSSR count). The van der Waals surface area contributed by atoms with Gasteiger partial charge in [0.25, 0.3) is 0 Å². The Morgan fingerprint density at radius 1 is 1.53 bits per heavy atom. The van der Waals surface area contributed by atoms with E-state index in [9.17, 15) is 9.59 Å². The fourth-order valence-corrected chi connectivity index (χ4v) is 2.92. The van der Waals surface area contributed by atoms with Gasteiger partial charge in [-0.1, -0.05) is 0 Å². The van der Waals surface area contributed by atoms with Crippen LogP contribution in [-0.4, -0.2) is 18.0 Å². The van der Waals surface area contributed by atoms with Gasteiger partial charge in [-0.25, -0.2) is 4.79 Å². The molecule has 0 saturated carbocycles. The molecule has 0 bridgehead atoms. The van der Waals surface area contributed by atoms with Crippen LogP contribution >= 0.6 is 11.3 Å². The maximum absolute atomic E-state index is 12.2. The minimum atomic E-state index is -0.344. The third-order valence-corrected chi connectivity index (χ3v) is 3.68. The zero-order valence-corrected chi connectivity index (χ0v) is 12.0. The molecular weight excluding hydrogens is 262 g/mol. The Kier molecular flexibility index (Phi) is 4.04. The molecular formula is C14H17NO3S. The fraction of sp³-hybridized carbons (Fsp3) is 0.429. The van der Waals surface area contributed by atoms with Gasteiger partial charge < -0.3 is 10.1 Å². The number of esters is 1. The van der Waals surface area contributed by atoms with E-state index in [4.69, 9.17) is 4.74 Å². The Balaban J connectivity index is 2.36. The van der Waals surface area contributed by atoms with Crippen molar-refractivity contribution >= 4 is 23.2 Å². The molecule has 1 aromatic rings. The average molecular weight is 279 g/mol. The molecule has 102 valence electrons. The van der Waals surface area contributed by atoms with Crippen LogP contribution in [0.4, 0.5) is 0 Å². The third-order valence-electron chi connectivity index (χ3n) is 2.98. The predicted octanol–water partition coefficient (Wildman–Crippen LogP) is 2.58. The lowest BCUT2D eigenvalue weighted by molar-refractivity contribution is -0.143. The van der Waals surface area contributed by atoms with Crippen LogP contribution in [-0.2, 0) is 14.3 Å². The summed E-state index contributed by atoms with van der Waals surface area (Å²) < 4.78 is 5.28. The molecule has 1 aliphatic rings. The first-order valence-corrected chi connectivity index (χ1v) is 7.17. The van der Waals surface area contributed by atoms with Gasteiger partial charge in [-0.3, -0.25) is 4.79 Å². The van der Waals surface area contributed by atoms with Crippen LogP contribution in [0.2, 0.25) is 0 Å². The van der Waals surface area contributed by atoms with Crippen molar-refractivity contribution in [3.63, 3.8) is 0 Å². The fourth-order valence-electron chi connectivity index (χ4n) is 2.21. The van der Waals surface area contributed by atoms with Gasteiger partial charge in [0.1, 0.15) is 0 Å². The molecule has 0 aliphatic carbocycles. The van der Waals surface area contributed by atoms with Gasteiger partial charge in [-0.15, -0.1) is 0 Å². The molecule has 1 aromatic heterocycles. The number of hydrogen-bond acceptors (Lipinski definition) is 4. The summed E-state index contributed by atoms with van der Waals surface area (Å²) in [6, 6.07) is 1.95. The summed E-state index contributed by atoms with van der Waals surface area (Å²) in [6.07, 6.45) is 0.116. The molecule has 1 unspecified atom stereocenters. The highest BCUT2D eigenvalue weighted by atomic mass is 32.1. The van der Waals surface area contributed by atoms with Crippen LogP contribution in [0.15, 0.2) is 28.1 Å². The van der Waals surface area contributed by atoms with E-state index in [0.717, 1.165) is 5.56 Å². The number of carbonyl (C=O) groups excluding carboxylic acids is 2. The van der Waals surface area contributed by atoms with Crippen molar-refractivity contribution in [1.29, 1.82) is 0 Å². The Morgan fingerprint density at radius 2 is 2.26 bits per heavy atom. The van der Waals surface area contributed by atoms with Crippen LogP contribution in [0, 0.1) is 0 Å². The maximum atomic E-state index is 12.2. The van der Waals surface area contributed by atoms with Crippen molar-refractivity contribution in [2.75, 3.05) is 0 Å². The van der Waals surface area contributed by atoms with Gasteiger partial charge in [0, 0.05) is 18.0 Å². The Hall–Kier alpha value is -1.62. The number of hydrogen-bond donors (Lipinski definition) is 1. The summed E-state index contributed by atoms with van der Waals surface area (Å²) in [5, 5.41) is 6.64. The van der Waals surface area contributed by atoms with Crippen molar-refractivity contribution in [3.05, 3.63) is 33.7 Å². The second-order valence-corrected chi connectivity index (χ2v) is 5.63. The number of rotatable bonds is 3. The van der Waals surface area contributed by atoms with Crippen molar-refractivity contribution in [2.45, 2.75) is 39.2 Å². The number of ether oxygens (including phenoxy) is 1. The molecule has 1 N–H and O–H groups in total. The third kappa shape index (κ3) is 3.04. The molecule has 19 heavy (non-hydrogen) atoms. The smallest absolute Gasteiger partial charge is 0.336 e. The Labute approximate surface area is 116 Å². The minimum absolute atomic E-state index is 0.0604. The van der Waals surface area contributed by atoms with Gasteiger partial charge in [0.2, 0.25) is 5.91 Å². The van der Waals surface area contributed by atoms with Gasteiger partial charge in [0.05, 0.1) is 11.7 Å². The summed E-state index contributed by atoms with van der Waals surface area (Å²) >= 11 is 1.56. The first kappa shape index (κ1) is 13.8. The van der Waals surface area contributed by atoms with Crippen molar-refractivity contribution in [3.8, 4) is 0 Å². The molecule has 2 heterocycles. The first-order chi connectivity index (χ1) is 8.99. The molecule has 0 saturated heterocycles. The van der Waals surface area contributed by atoms with Crippen LogP contribution in [0.3, 0.4) is 0 Å². The topological polar surface area (TPSA) is 55.4 Å². The highest BCUT2D eigenvalue weighted by molar-refractivity contribution is 7.08. The van der Waals surface area contributed by atoms with Gasteiger partial charge in [-0.05, 0) is 43.2 Å². The van der Waals surface area contributed by atoms with E-state index in [1.807, 2.05) is 30.7 Å². The Bertz CT molecular complexity index is 517. The number of carbonyl (C=O) groups is 2. The van der Waals surface area contributed by atoms with Crippen LogP contribution in [0.5, 0.6) is 0 Å². The van der Waals surface area contributed by atoms with Crippen LogP contribution < -0.4 is 5.32 Å². The standard InChI is InChI=1S/C14H17NO3S/c1-8(2)18-14(17)13-9(3)15-12(16)6-11(13)10-4-5-19-7-10/h4-5,7-8,11H,6H2,1-3H3,(H,15,16). The quantitative estimate of drug-likeness (QED) is 0.865. The number of allylic oxidation sites excluding steroid dienone is 1. The van der Waals surface area contributed by atoms with Crippen LogP contribution in [0.1, 0.15) is 38.7 Å². The number of nitrogens with one attached hydrogen (secondary N) is 1. The molecule has 4 nitrogen and oxygen atoms in total. The first-order valence-electron chi connectivity index (χ1n) is 6.22. The summed E-state index contributed by atoms with van der Waals surface area (Å²) in [4.78, 5) is 23.9. The normalized spacial score (nSPS) is 19.6. The van der Waals surface area contributed by atoms with E-state index >= 15 is 0 Å². The van der Waals surface area contributed by atoms with Crippen molar-refractivity contribution < 1.29 is 14.3 Å². The summed E-state index contributed by atoms with van der Waals surface area (Å²) in [5.41, 5.74) is 2.15. The summed E-state index contributed by atoms with van der Waals surface area (Å²) in [5.74, 6) is -0.607. The van der Waals surface area contributed by atoms with E-state index in [2.05, 4.69) is 5.32 Å². The van der Waals surface area contributed by atoms with E-state index in [0.29, 0.717) is 11.3 Å². The lowest BCUT2D eigenvalue weighted by Gasteiger charge is -2.26. The summed E-state index contributed by atoms with van der Waals surface area (Å²) in [7, 11) is 0. The van der Waals surface area contributed by atoms with Crippen LogP contribution in [0.25, 0.3) is 0 Å². The lowest BCUT2D eigenvalue weighted by atomic mass is 9.86. The van der Waals surface area contributed by atoms with Gasteiger partial charge in [-0.2, -0.15) is 11.3 Å². The molecule has 0 spiro atoms. The zero-order chi connectivity index (χ0) is 14.0. The SMILES string of the molecule is CC1=C(C(=O)OC(C)C)C(c2ccsc2)CC(=O)N1. The van der Waals surface area contributed by atoms with E-state index < -0.39 is 0 Å². The average Bonchev–Trinajstić information content (AvgIpc) is 2.79. The largest absolute Gasteiger partial charge is 0.460 e. The highest BCUT2D eigenvalue weighted by Crippen LogP contribution is 2.34. The highest BCUT2D eigenvalue weighted by Gasteiger charge is 2.33. The lowest BCUT2D eigenvalue weighted by Crippen LogP contribution is -2.34. The molecule has 1 amide bonds. The van der Waals surface area contributed by atoms with Gasteiger partial charge >= 0.3 is 5.97 Å². The number of amides is 1. The second-order valence-electron chi connectivity index (χ2n) is 4.85. The molecule has 0 aromatic carbocycles. The zero-order valence-electron chi connectivity index (χ0n) is 11.2. The van der Waals surface area contributed by atoms with Crippen molar-refractivity contribution in [2.24, 2.45) is 0 Å². The molecule has 5 heteroatoms. The van der Waals surface area contributed by atoms with Gasteiger partial charge in [0.15, 0.2) is 0 Å². The molecule has 0 fully saturated rings. The van der Waals surface area contributed by atoms with E-state index in [1.165, 1.54) is 0 Å². The number of thiophene rings is 1. The Morgan fingerprint density at radius 3 is 2.84 bits per heavy atom. The maximum Gasteiger partial charge on any atom is 0.336 e.